The summed E-state index contributed by atoms with van der Waals surface area (Å²) >= 11 is 1.36. The third-order valence-electron chi connectivity index (χ3n) is 4.94. The lowest BCUT2D eigenvalue weighted by atomic mass is 10.0. The topological polar surface area (TPSA) is 82.4 Å². The fraction of sp³-hybridized carbons (Fsp3) is 0.174. The standard InChI is InChI=1S/C23H19N3O3S/c1-15(27)26-12-11-19-20(13-24)23(30-21(19)14-26)25-22(28)16-7-9-18(10-8-16)29-17-5-3-2-4-6-17/h2-10H,11-12,14H2,1H3,(H,25,28). The van der Waals surface area contributed by atoms with Crippen LogP contribution >= 0.6 is 11.3 Å². The number of carbonyl (C=O) groups excluding carboxylic acids is 2. The molecule has 2 heterocycles. The van der Waals surface area contributed by atoms with Crippen LogP contribution in [-0.4, -0.2) is 23.3 Å². The molecule has 0 saturated heterocycles. The van der Waals surface area contributed by atoms with Gasteiger partial charge < -0.3 is 15.0 Å². The van der Waals surface area contributed by atoms with Crippen molar-refractivity contribution >= 4 is 28.2 Å². The van der Waals surface area contributed by atoms with E-state index in [9.17, 15) is 14.9 Å². The molecule has 0 atom stereocenters. The SMILES string of the molecule is CC(=O)N1CCc2c(sc(NC(=O)c3ccc(Oc4ccccc4)cc3)c2C#N)C1. The first-order valence-electron chi connectivity index (χ1n) is 9.49. The van der Waals surface area contributed by atoms with Gasteiger partial charge in [0.25, 0.3) is 5.91 Å². The highest BCUT2D eigenvalue weighted by Crippen LogP contribution is 2.37. The van der Waals surface area contributed by atoms with Crippen LogP contribution in [0.5, 0.6) is 11.5 Å². The van der Waals surface area contributed by atoms with Crippen molar-refractivity contribution in [3.05, 3.63) is 76.2 Å². The number of amides is 2. The maximum atomic E-state index is 12.7. The van der Waals surface area contributed by atoms with E-state index in [0.717, 1.165) is 16.2 Å². The van der Waals surface area contributed by atoms with Gasteiger partial charge in [-0.3, -0.25) is 9.59 Å². The molecule has 150 valence electrons. The van der Waals surface area contributed by atoms with Crippen molar-refractivity contribution in [2.75, 3.05) is 11.9 Å². The van der Waals surface area contributed by atoms with Gasteiger partial charge in [-0.1, -0.05) is 18.2 Å². The van der Waals surface area contributed by atoms with Crippen molar-refractivity contribution in [1.29, 1.82) is 5.26 Å². The van der Waals surface area contributed by atoms with Crippen LogP contribution < -0.4 is 10.1 Å². The van der Waals surface area contributed by atoms with Crippen LogP contribution in [0.2, 0.25) is 0 Å². The first kappa shape index (κ1) is 19.7. The third-order valence-corrected chi connectivity index (χ3v) is 6.07. The first-order valence-corrected chi connectivity index (χ1v) is 10.3. The molecular formula is C23H19N3O3S. The highest BCUT2D eigenvalue weighted by atomic mass is 32.1. The number of hydrogen-bond donors (Lipinski definition) is 1. The average Bonchev–Trinajstić information content (AvgIpc) is 3.11. The minimum absolute atomic E-state index is 0.0101. The van der Waals surface area contributed by atoms with Gasteiger partial charge in [-0.15, -0.1) is 11.3 Å². The number of nitrogens with zero attached hydrogens (tertiary/aromatic N) is 2. The summed E-state index contributed by atoms with van der Waals surface area (Å²) < 4.78 is 5.75. The molecule has 0 radical (unpaired) electrons. The molecule has 6 nitrogen and oxygen atoms in total. The van der Waals surface area contributed by atoms with E-state index in [1.54, 1.807) is 29.2 Å². The van der Waals surface area contributed by atoms with Crippen molar-refractivity contribution in [2.24, 2.45) is 0 Å². The van der Waals surface area contributed by atoms with E-state index < -0.39 is 0 Å². The van der Waals surface area contributed by atoms with Gasteiger partial charge in [-0.05, 0) is 48.4 Å². The molecule has 1 aliphatic heterocycles. The molecule has 1 N–H and O–H groups in total. The van der Waals surface area contributed by atoms with Crippen molar-refractivity contribution < 1.29 is 14.3 Å². The Morgan fingerprint density at radius 1 is 1.10 bits per heavy atom. The van der Waals surface area contributed by atoms with Crippen molar-refractivity contribution in [2.45, 2.75) is 19.9 Å². The monoisotopic (exact) mass is 417 g/mol. The van der Waals surface area contributed by atoms with Crippen molar-refractivity contribution in [3.63, 3.8) is 0 Å². The van der Waals surface area contributed by atoms with Crippen LogP contribution in [0, 0.1) is 11.3 Å². The predicted octanol–water partition coefficient (Wildman–Crippen LogP) is 4.57. The zero-order chi connectivity index (χ0) is 21.1. The number of nitrogens with one attached hydrogen (secondary N) is 1. The molecule has 0 saturated carbocycles. The summed E-state index contributed by atoms with van der Waals surface area (Å²) in [6.07, 6.45) is 0.621. The van der Waals surface area contributed by atoms with Gasteiger partial charge in [0, 0.05) is 23.9 Å². The largest absolute Gasteiger partial charge is 0.457 e. The average molecular weight is 417 g/mol. The van der Waals surface area contributed by atoms with Crippen molar-refractivity contribution in [3.8, 4) is 17.6 Å². The van der Waals surface area contributed by atoms with E-state index in [1.165, 1.54) is 18.3 Å². The number of anilines is 1. The predicted molar refractivity (Wildman–Crippen MR) is 115 cm³/mol. The number of fused-ring (bicyclic) bond motifs is 1. The van der Waals surface area contributed by atoms with Crippen LogP contribution in [0.25, 0.3) is 0 Å². The van der Waals surface area contributed by atoms with Crippen LogP contribution in [0.3, 0.4) is 0 Å². The quantitative estimate of drug-likeness (QED) is 0.674. The minimum Gasteiger partial charge on any atom is -0.457 e. The van der Waals surface area contributed by atoms with Gasteiger partial charge in [0.05, 0.1) is 12.1 Å². The van der Waals surface area contributed by atoms with Crippen molar-refractivity contribution in [1.82, 2.24) is 4.90 Å². The number of benzene rings is 2. The lowest BCUT2D eigenvalue weighted by Crippen LogP contribution is -2.33. The number of para-hydroxylation sites is 1. The van der Waals surface area contributed by atoms with E-state index >= 15 is 0 Å². The Labute approximate surface area is 178 Å². The smallest absolute Gasteiger partial charge is 0.256 e. The lowest BCUT2D eigenvalue weighted by molar-refractivity contribution is -0.129. The number of ether oxygens (including phenoxy) is 1. The van der Waals surface area contributed by atoms with Gasteiger partial charge >= 0.3 is 0 Å². The molecule has 0 aliphatic carbocycles. The van der Waals surface area contributed by atoms with Crippen LogP contribution in [-0.2, 0) is 17.8 Å². The van der Waals surface area contributed by atoms with Gasteiger partial charge in [-0.25, -0.2) is 0 Å². The molecule has 7 heteroatoms. The molecular weight excluding hydrogens is 398 g/mol. The summed E-state index contributed by atoms with van der Waals surface area (Å²) in [5.41, 5.74) is 1.90. The highest BCUT2D eigenvalue weighted by Gasteiger charge is 2.26. The molecule has 0 unspecified atom stereocenters. The molecule has 4 rings (SSSR count). The molecule has 2 aromatic carbocycles. The molecule has 30 heavy (non-hydrogen) atoms. The number of thiophene rings is 1. The Bertz CT molecular complexity index is 1130. The zero-order valence-corrected chi connectivity index (χ0v) is 17.2. The second kappa shape index (κ2) is 8.39. The summed E-state index contributed by atoms with van der Waals surface area (Å²) in [5, 5.41) is 13.0. The Morgan fingerprint density at radius 2 is 1.80 bits per heavy atom. The molecule has 0 fully saturated rings. The summed E-state index contributed by atoms with van der Waals surface area (Å²) in [6, 6.07) is 18.5. The van der Waals surface area contributed by atoms with E-state index in [1.807, 2.05) is 30.3 Å². The third kappa shape index (κ3) is 4.04. The van der Waals surface area contributed by atoms with Gasteiger partial charge in [0.1, 0.15) is 22.6 Å². The lowest BCUT2D eigenvalue weighted by Gasteiger charge is -2.25. The number of nitriles is 1. The minimum atomic E-state index is -0.292. The summed E-state index contributed by atoms with van der Waals surface area (Å²) in [7, 11) is 0. The maximum Gasteiger partial charge on any atom is 0.256 e. The van der Waals surface area contributed by atoms with E-state index in [-0.39, 0.29) is 11.8 Å². The van der Waals surface area contributed by atoms with Gasteiger partial charge in [0.15, 0.2) is 0 Å². The highest BCUT2D eigenvalue weighted by molar-refractivity contribution is 7.16. The fourth-order valence-corrected chi connectivity index (χ4v) is 4.56. The number of rotatable bonds is 4. The molecule has 0 spiro atoms. The van der Waals surface area contributed by atoms with Gasteiger partial charge in [-0.2, -0.15) is 5.26 Å². The molecule has 1 aliphatic rings. The maximum absolute atomic E-state index is 12.7. The number of hydrogen-bond acceptors (Lipinski definition) is 5. The second-order valence-corrected chi connectivity index (χ2v) is 8.01. The first-order chi connectivity index (χ1) is 14.5. The van der Waals surface area contributed by atoms with E-state index in [0.29, 0.717) is 41.4 Å². The van der Waals surface area contributed by atoms with Gasteiger partial charge in [0.2, 0.25) is 5.91 Å². The van der Waals surface area contributed by atoms with E-state index in [4.69, 9.17) is 4.74 Å². The molecule has 3 aromatic rings. The molecule has 2 amide bonds. The Morgan fingerprint density at radius 3 is 2.47 bits per heavy atom. The van der Waals surface area contributed by atoms with Crippen LogP contribution in [0.1, 0.15) is 33.3 Å². The normalized spacial score (nSPS) is 12.6. The Balaban J connectivity index is 1.49. The zero-order valence-electron chi connectivity index (χ0n) is 16.3. The summed E-state index contributed by atoms with van der Waals surface area (Å²) in [4.78, 5) is 27.1. The Hall–Kier alpha value is -3.63. The molecule has 0 bridgehead atoms. The summed E-state index contributed by atoms with van der Waals surface area (Å²) in [5.74, 6) is 1.07. The number of carbonyl (C=O) groups is 2. The Kier molecular flexibility index (Phi) is 5.50. The second-order valence-electron chi connectivity index (χ2n) is 6.90. The van der Waals surface area contributed by atoms with Crippen LogP contribution in [0.4, 0.5) is 5.00 Å². The summed E-state index contributed by atoms with van der Waals surface area (Å²) in [6.45, 7) is 2.60. The van der Waals surface area contributed by atoms with Crippen LogP contribution in [0.15, 0.2) is 54.6 Å². The molecule has 1 aromatic heterocycles. The fourth-order valence-electron chi connectivity index (χ4n) is 3.35. The van der Waals surface area contributed by atoms with E-state index in [2.05, 4.69) is 11.4 Å².